The number of para-hydroxylation sites is 1. The maximum atomic E-state index is 14.1. The summed E-state index contributed by atoms with van der Waals surface area (Å²) in [5, 5.41) is 10.8. The Bertz CT molecular complexity index is 1570. The first-order chi connectivity index (χ1) is 17.5. The van der Waals surface area contributed by atoms with Gasteiger partial charge in [-0.2, -0.15) is 4.31 Å². The minimum atomic E-state index is -4.09. The van der Waals surface area contributed by atoms with E-state index in [9.17, 15) is 18.3 Å². The Morgan fingerprint density at radius 3 is 2.30 bits per heavy atom. The molecule has 0 fully saturated rings. The SMILES string of the molecule is Cc1ccc(S(=O)(=O)N2CC(c3ccc(O)cc3)c3c([nH]c4ccccc34)C2C(=O)OC(C)(C)C)cc1. The fraction of sp³-hybridized carbons (Fsp3) is 0.276. The molecule has 5 rings (SSSR count). The van der Waals surface area contributed by atoms with Crippen molar-refractivity contribution < 1.29 is 23.1 Å². The Labute approximate surface area is 216 Å². The zero-order chi connectivity index (χ0) is 26.5. The molecule has 0 spiro atoms. The molecule has 2 unspecified atom stereocenters. The van der Waals surface area contributed by atoms with Crippen LogP contribution in [0.1, 0.15) is 55.1 Å². The van der Waals surface area contributed by atoms with E-state index >= 15 is 0 Å². The molecule has 4 aromatic rings. The molecule has 0 saturated heterocycles. The number of aryl methyl sites for hydroxylation is 1. The summed E-state index contributed by atoms with van der Waals surface area (Å²) in [6, 6.07) is 19.8. The van der Waals surface area contributed by atoms with Crippen LogP contribution in [-0.2, 0) is 19.6 Å². The number of aromatic amines is 1. The molecular formula is C29H30N2O5S. The predicted octanol–water partition coefficient (Wildman–Crippen LogP) is 5.40. The molecule has 7 nitrogen and oxygen atoms in total. The zero-order valence-corrected chi connectivity index (χ0v) is 22.0. The van der Waals surface area contributed by atoms with Crippen LogP contribution >= 0.6 is 0 Å². The summed E-state index contributed by atoms with van der Waals surface area (Å²) in [6.45, 7) is 7.20. The smallest absolute Gasteiger partial charge is 0.331 e. The largest absolute Gasteiger partial charge is 0.508 e. The molecule has 1 aromatic heterocycles. The van der Waals surface area contributed by atoms with E-state index in [2.05, 4.69) is 4.98 Å². The minimum Gasteiger partial charge on any atom is -0.508 e. The number of H-pyrrole nitrogens is 1. The lowest BCUT2D eigenvalue weighted by molar-refractivity contribution is -0.160. The predicted molar refractivity (Wildman–Crippen MR) is 142 cm³/mol. The second-order valence-corrected chi connectivity index (χ2v) is 12.4. The molecule has 1 aliphatic heterocycles. The van der Waals surface area contributed by atoms with Gasteiger partial charge >= 0.3 is 5.97 Å². The van der Waals surface area contributed by atoms with Gasteiger partial charge in [0.05, 0.1) is 4.90 Å². The molecule has 2 atom stereocenters. The van der Waals surface area contributed by atoms with Gasteiger partial charge in [0.15, 0.2) is 6.04 Å². The molecular weight excluding hydrogens is 488 g/mol. The molecule has 0 aliphatic carbocycles. The van der Waals surface area contributed by atoms with Crippen LogP contribution in [-0.4, -0.2) is 40.9 Å². The Hall–Kier alpha value is -3.62. The van der Waals surface area contributed by atoms with Crippen LogP contribution in [0.25, 0.3) is 10.9 Å². The summed E-state index contributed by atoms with van der Waals surface area (Å²) in [6.07, 6.45) is 0. The quantitative estimate of drug-likeness (QED) is 0.352. The van der Waals surface area contributed by atoms with Gasteiger partial charge in [0.2, 0.25) is 10.0 Å². The van der Waals surface area contributed by atoms with E-state index in [1.165, 1.54) is 4.31 Å². The summed E-state index contributed by atoms with van der Waals surface area (Å²) in [7, 11) is -4.09. The Morgan fingerprint density at radius 2 is 1.65 bits per heavy atom. The average Bonchev–Trinajstić information content (AvgIpc) is 3.22. The van der Waals surface area contributed by atoms with Crippen LogP contribution in [0.3, 0.4) is 0 Å². The number of aromatic hydroxyl groups is 1. The molecule has 0 amide bonds. The molecule has 3 aromatic carbocycles. The fourth-order valence-electron chi connectivity index (χ4n) is 4.95. The van der Waals surface area contributed by atoms with Gasteiger partial charge < -0.3 is 14.8 Å². The van der Waals surface area contributed by atoms with Crippen LogP contribution < -0.4 is 0 Å². The van der Waals surface area contributed by atoms with Crippen LogP contribution in [0.5, 0.6) is 5.75 Å². The number of rotatable bonds is 4. The number of esters is 1. The standard InChI is InChI=1S/C29H30N2O5S/c1-18-9-15-21(16-10-18)37(34,35)31-17-23(19-11-13-20(32)14-12-19)25-22-7-5-6-8-24(22)30-26(25)27(31)28(33)36-29(2,3)4/h5-16,23,27,30,32H,17H2,1-4H3. The van der Waals surface area contributed by atoms with Gasteiger partial charge in [-0.15, -0.1) is 0 Å². The van der Waals surface area contributed by atoms with Crippen molar-refractivity contribution in [2.75, 3.05) is 6.54 Å². The molecule has 2 heterocycles. The van der Waals surface area contributed by atoms with Crippen molar-refractivity contribution >= 4 is 26.9 Å². The summed E-state index contributed by atoms with van der Waals surface area (Å²) in [4.78, 5) is 17.2. The molecule has 192 valence electrons. The van der Waals surface area contributed by atoms with Crippen LogP contribution in [0.15, 0.2) is 77.7 Å². The average molecular weight is 519 g/mol. The first kappa shape index (κ1) is 25.0. The molecule has 8 heteroatoms. The monoisotopic (exact) mass is 518 g/mol. The van der Waals surface area contributed by atoms with E-state index in [-0.39, 0.29) is 23.1 Å². The first-order valence-electron chi connectivity index (χ1n) is 12.2. The molecule has 2 N–H and O–H groups in total. The van der Waals surface area contributed by atoms with E-state index in [1.807, 2.05) is 31.2 Å². The second-order valence-electron chi connectivity index (χ2n) is 10.5. The van der Waals surface area contributed by atoms with Crippen molar-refractivity contribution in [1.82, 2.24) is 9.29 Å². The van der Waals surface area contributed by atoms with Crippen molar-refractivity contribution in [1.29, 1.82) is 0 Å². The Kier molecular flexibility index (Phi) is 6.12. The number of nitrogens with zero attached hydrogens (tertiary/aromatic N) is 1. The van der Waals surface area contributed by atoms with E-state index in [4.69, 9.17) is 4.74 Å². The maximum Gasteiger partial charge on any atom is 0.331 e. The number of hydrogen-bond donors (Lipinski definition) is 2. The van der Waals surface area contributed by atoms with E-state index in [1.54, 1.807) is 69.3 Å². The number of carbonyl (C=O) groups is 1. The van der Waals surface area contributed by atoms with E-state index in [0.29, 0.717) is 5.69 Å². The Balaban J connectivity index is 1.76. The number of benzene rings is 3. The summed E-state index contributed by atoms with van der Waals surface area (Å²) >= 11 is 0. The first-order valence-corrected chi connectivity index (χ1v) is 13.6. The third kappa shape index (κ3) is 4.63. The Morgan fingerprint density at radius 1 is 1.00 bits per heavy atom. The van der Waals surface area contributed by atoms with Gasteiger partial charge in [-0.1, -0.05) is 48.0 Å². The van der Waals surface area contributed by atoms with Gasteiger partial charge in [0.25, 0.3) is 0 Å². The normalized spacial score (nSPS) is 18.5. The number of aromatic nitrogens is 1. The van der Waals surface area contributed by atoms with Crippen molar-refractivity contribution in [2.45, 2.75) is 50.2 Å². The lowest BCUT2D eigenvalue weighted by Gasteiger charge is -2.38. The van der Waals surface area contributed by atoms with E-state index < -0.39 is 27.6 Å². The molecule has 1 aliphatic rings. The topological polar surface area (TPSA) is 99.7 Å². The maximum absolute atomic E-state index is 14.1. The summed E-state index contributed by atoms with van der Waals surface area (Å²) < 4.78 is 35.2. The number of sulfonamides is 1. The summed E-state index contributed by atoms with van der Waals surface area (Å²) in [5.74, 6) is -0.903. The van der Waals surface area contributed by atoms with Crippen molar-refractivity contribution in [3.63, 3.8) is 0 Å². The highest BCUT2D eigenvalue weighted by atomic mass is 32.2. The number of ether oxygens (including phenoxy) is 1. The van der Waals surface area contributed by atoms with Crippen molar-refractivity contribution in [3.8, 4) is 5.75 Å². The molecule has 0 saturated carbocycles. The highest BCUT2D eigenvalue weighted by Gasteiger charge is 2.47. The lowest BCUT2D eigenvalue weighted by Crippen LogP contribution is -2.47. The number of phenols is 1. The number of carbonyl (C=O) groups excluding carboxylic acids is 1. The third-order valence-corrected chi connectivity index (χ3v) is 8.45. The number of nitrogens with one attached hydrogen (secondary N) is 1. The zero-order valence-electron chi connectivity index (χ0n) is 21.2. The molecule has 37 heavy (non-hydrogen) atoms. The van der Waals surface area contributed by atoms with Crippen molar-refractivity contribution in [3.05, 3.63) is 95.2 Å². The van der Waals surface area contributed by atoms with Crippen molar-refractivity contribution in [2.24, 2.45) is 0 Å². The second kappa shape index (κ2) is 9.04. The van der Waals surface area contributed by atoms with E-state index in [0.717, 1.165) is 27.6 Å². The molecule has 0 bridgehead atoms. The van der Waals surface area contributed by atoms with Crippen LogP contribution in [0.4, 0.5) is 0 Å². The lowest BCUT2D eigenvalue weighted by atomic mass is 9.84. The van der Waals surface area contributed by atoms with Crippen LogP contribution in [0.2, 0.25) is 0 Å². The minimum absolute atomic E-state index is 0.0275. The highest BCUT2D eigenvalue weighted by Crippen LogP contribution is 2.46. The fourth-order valence-corrected chi connectivity index (χ4v) is 6.52. The molecule has 0 radical (unpaired) electrons. The van der Waals surface area contributed by atoms with Gasteiger partial charge in [-0.3, -0.25) is 0 Å². The van der Waals surface area contributed by atoms with Gasteiger partial charge in [-0.25, -0.2) is 13.2 Å². The number of fused-ring (bicyclic) bond motifs is 3. The highest BCUT2D eigenvalue weighted by molar-refractivity contribution is 7.89. The number of phenolic OH excluding ortho intramolecular Hbond substituents is 1. The van der Waals surface area contributed by atoms with Crippen LogP contribution in [0, 0.1) is 6.92 Å². The van der Waals surface area contributed by atoms with Gasteiger partial charge in [-0.05, 0) is 69.2 Å². The summed E-state index contributed by atoms with van der Waals surface area (Å²) in [5.41, 5.74) is 3.11. The van der Waals surface area contributed by atoms with Gasteiger partial charge in [0.1, 0.15) is 11.4 Å². The third-order valence-electron chi connectivity index (χ3n) is 6.60. The van der Waals surface area contributed by atoms with Gasteiger partial charge in [0, 0.05) is 29.1 Å². The number of hydrogen-bond acceptors (Lipinski definition) is 5.